The third kappa shape index (κ3) is 9.12. The molecule has 4 saturated carbocycles. The molecule has 12 N–H and O–H groups in total. The van der Waals surface area contributed by atoms with Crippen molar-refractivity contribution in [3.8, 4) is 0 Å². The zero-order valence-corrected chi connectivity index (χ0v) is 43.4. The van der Waals surface area contributed by atoms with Gasteiger partial charge in [-0.2, -0.15) is 0 Å². The van der Waals surface area contributed by atoms with Crippen molar-refractivity contribution in [3.63, 3.8) is 0 Å². The highest BCUT2D eigenvalue weighted by Gasteiger charge is 2.70. The van der Waals surface area contributed by atoms with Crippen molar-refractivity contribution in [2.75, 3.05) is 19.8 Å². The van der Waals surface area contributed by atoms with E-state index in [9.17, 15) is 70.9 Å². The van der Waals surface area contributed by atoms with Crippen LogP contribution in [0.1, 0.15) is 113 Å². The summed E-state index contributed by atoms with van der Waals surface area (Å²) in [6.45, 7) is 14.2. The molecule has 5 aliphatic carbocycles. The van der Waals surface area contributed by atoms with E-state index >= 15 is 0 Å². The molecule has 0 radical (unpaired) electrons. The molecule has 74 heavy (non-hydrogen) atoms. The van der Waals surface area contributed by atoms with Crippen LogP contribution in [0.4, 0.5) is 0 Å². The van der Waals surface area contributed by atoms with Crippen LogP contribution in [0.5, 0.6) is 0 Å². The van der Waals surface area contributed by atoms with E-state index in [-0.39, 0.29) is 39.4 Å². The van der Waals surface area contributed by atoms with Crippen molar-refractivity contribution in [3.05, 3.63) is 11.6 Å². The number of carbonyl (C=O) groups excluding carboxylic acids is 1. The number of ether oxygens (including phenoxy) is 8. The lowest BCUT2D eigenvalue weighted by atomic mass is 9.33. The minimum Gasteiger partial charge on any atom is -0.479 e. The van der Waals surface area contributed by atoms with E-state index in [0.717, 1.165) is 32.1 Å². The lowest BCUT2D eigenvalue weighted by molar-refractivity contribution is -0.382. The Morgan fingerprint density at radius 2 is 1.22 bits per heavy atom. The third-order valence-electron chi connectivity index (χ3n) is 20.6. The summed E-state index contributed by atoms with van der Waals surface area (Å²) in [5.41, 5.74) is -1.25. The summed E-state index contributed by atoms with van der Waals surface area (Å²) in [4.78, 5) is 27.7. The van der Waals surface area contributed by atoms with Crippen LogP contribution in [-0.2, 0) is 47.5 Å². The Labute approximate surface area is 430 Å². The molecule has 0 bridgehead atoms. The van der Waals surface area contributed by atoms with Crippen molar-refractivity contribution in [2.45, 2.75) is 229 Å². The number of aliphatic hydroxyl groups excluding tert-OH is 11. The molecule has 0 unspecified atom stereocenters. The number of carbonyl (C=O) groups is 2. The summed E-state index contributed by atoms with van der Waals surface area (Å²) >= 11 is 0. The number of carboxylic acids is 1. The molecule has 4 aliphatic heterocycles. The number of allylic oxidation sites excluding steroid dienone is 2. The number of hydrogen-bond donors (Lipinski definition) is 12. The highest BCUT2D eigenvalue weighted by molar-refractivity contribution is 5.79. The fourth-order valence-corrected chi connectivity index (χ4v) is 15.9. The Morgan fingerprint density at radius 3 is 1.82 bits per heavy atom. The maximum atomic E-state index is 14.8. The van der Waals surface area contributed by atoms with Gasteiger partial charge in [0.25, 0.3) is 0 Å². The van der Waals surface area contributed by atoms with Crippen molar-refractivity contribution in [2.24, 2.45) is 50.2 Å². The first-order valence-electron chi connectivity index (χ1n) is 26.6. The Kier molecular flexibility index (Phi) is 15.5. The van der Waals surface area contributed by atoms with Gasteiger partial charge in [-0.15, -0.1) is 0 Å². The van der Waals surface area contributed by atoms with Crippen LogP contribution >= 0.6 is 0 Å². The lowest BCUT2D eigenvalue weighted by Crippen LogP contribution is -2.68. The summed E-state index contributed by atoms with van der Waals surface area (Å²) in [5.74, 6) is -2.08. The number of fused-ring (bicyclic) bond motifs is 7. The van der Waals surface area contributed by atoms with Gasteiger partial charge < -0.3 is 99.2 Å². The van der Waals surface area contributed by atoms with Crippen LogP contribution in [0, 0.1) is 50.2 Å². The molecule has 22 heteroatoms. The molecule has 8 fully saturated rings. The van der Waals surface area contributed by atoms with Gasteiger partial charge in [0.05, 0.1) is 31.3 Å². The van der Waals surface area contributed by atoms with Crippen LogP contribution in [-0.4, -0.2) is 210 Å². The molecule has 0 aromatic heterocycles. The maximum absolute atomic E-state index is 14.8. The molecule has 26 atom stereocenters. The van der Waals surface area contributed by atoms with Crippen LogP contribution in [0.3, 0.4) is 0 Å². The molecule has 0 aromatic carbocycles. The molecule has 0 amide bonds. The van der Waals surface area contributed by atoms with E-state index in [1.54, 1.807) is 0 Å². The summed E-state index contributed by atoms with van der Waals surface area (Å²) in [6.07, 6.45) is -21.9. The molecule has 422 valence electrons. The number of rotatable bonds is 10. The minimum absolute atomic E-state index is 0.0428. The Hall–Kier alpha value is -2.04. The highest BCUT2D eigenvalue weighted by Crippen LogP contribution is 2.76. The van der Waals surface area contributed by atoms with Gasteiger partial charge in [-0.05, 0) is 109 Å². The minimum atomic E-state index is -1.96. The number of esters is 1. The summed E-state index contributed by atoms with van der Waals surface area (Å²) in [7, 11) is 0. The lowest BCUT2D eigenvalue weighted by Gasteiger charge is -2.71. The van der Waals surface area contributed by atoms with Gasteiger partial charge in [-0.3, -0.25) is 4.79 Å². The molecule has 22 nitrogen and oxygen atoms in total. The molecule has 9 rings (SSSR count). The summed E-state index contributed by atoms with van der Waals surface area (Å²) < 4.78 is 47.5. The molecular formula is C52H82O22. The van der Waals surface area contributed by atoms with Crippen molar-refractivity contribution >= 4 is 11.9 Å². The van der Waals surface area contributed by atoms with Gasteiger partial charge in [-0.25, -0.2) is 4.79 Å². The average Bonchev–Trinajstić information content (AvgIpc) is 3.34. The average molecular weight is 1060 g/mol. The predicted octanol–water partition coefficient (Wildman–Crippen LogP) is -0.665. The molecule has 4 saturated heterocycles. The fourth-order valence-electron chi connectivity index (χ4n) is 15.9. The normalized spacial score (nSPS) is 53.0. The van der Waals surface area contributed by atoms with Crippen LogP contribution in [0.25, 0.3) is 0 Å². The topological polar surface area (TPSA) is 351 Å². The first-order chi connectivity index (χ1) is 34.6. The monoisotopic (exact) mass is 1060 g/mol. The number of hydrogen-bond acceptors (Lipinski definition) is 21. The third-order valence-corrected chi connectivity index (χ3v) is 20.6. The quantitative estimate of drug-likeness (QED) is 0.0734. The number of aliphatic carboxylic acids is 1. The summed E-state index contributed by atoms with van der Waals surface area (Å²) in [6, 6.07) is 0. The van der Waals surface area contributed by atoms with Crippen LogP contribution < -0.4 is 0 Å². The van der Waals surface area contributed by atoms with E-state index in [2.05, 4.69) is 54.5 Å². The molecular weight excluding hydrogens is 977 g/mol. The SMILES string of the molecule is CC1(C)CC[C@@]2(C(=O)O[C@@H]3O[C@@H](CO)[C@H](O)[C@H](O)[C@@H]3O)CC[C@@]3(C)C(=CC[C@@H]4[C@]5(C)CC[C@H](O[C@@H]6O[C@@H](C(=O)O)[C@H](O[C@@H]7OC[C@H](O)[C@H](O)[C@@H]7O)[C@H](O)[C@@H]6O[C@@H]6OC[C@@H](O)[C@H](O)[C@@H]6O)C(C)(C)[C@H]5CC[C@]43C)[C@H]2C1. The van der Waals surface area contributed by atoms with E-state index in [4.69, 9.17) is 37.9 Å². The molecule has 0 spiro atoms. The van der Waals surface area contributed by atoms with E-state index in [1.165, 1.54) is 5.57 Å². The van der Waals surface area contributed by atoms with Crippen molar-refractivity contribution < 1.29 is 109 Å². The Bertz CT molecular complexity index is 2090. The Morgan fingerprint density at radius 1 is 0.622 bits per heavy atom. The standard InChI is InChI=1S/C52H82O22/c1-47(2)14-16-52(46(66)74-44-36(62)33(59)32(58)26(19-53)69-44)17-15-50(6)22(23(52)18-47)8-9-28-49(5)12-11-29(48(3,4)27(49)10-13-51(28,50)7)70-45-39(72-43-35(61)31(57)25(55)21-68-43)37(63)38(40(73-45)41(64)65)71-42-34(60)30(56)24(54)20-67-42/h8,23-40,42-45,53-63H,9-21H2,1-7H3,(H,64,65)/t23-,24+,25-,26+,27-,28-,29+,30+,31+,32+,33+,34+,35+,36+,37+,38-,39+,40-,42+,43+,44+,45-,49-,50+,51-,52-/m1/s1. The number of carboxylic acid groups (broad SMARTS) is 1. The van der Waals surface area contributed by atoms with Gasteiger partial charge in [0.1, 0.15) is 79.4 Å². The second-order valence-corrected chi connectivity index (χ2v) is 25.4. The molecule has 9 aliphatic rings. The fraction of sp³-hybridized carbons (Fsp3) is 0.923. The van der Waals surface area contributed by atoms with Crippen LogP contribution in [0.2, 0.25) is 0 Å². The largest absolute Gasteiger partial charge is 0.479 e. The maximum Gasteiger partial charge on any atom is 0.335 e. The first kappa shape index (κ1) is 56.7. The zero-order chi connectivity index (χ0) is 54.0. The predicted molar refractivity (Wildman–Crippen MR) is 251 cm³/mol. The smallest absolute Gasteiger partial charge is 0.335 e. The van der Waals surface area contributed by atoms with Gasteiger partial charge in [0.2, 0.25) is 6.29 Å². The molecule has 4 heterocycles. The van der Waals surface area contributed by atoms with Gasteiger partial charge in [0.15, 0.2) is 25.0 Å². The van der Waals surface area contributed by atoms with Gasteiger partial charge in [-0.1, -0.05) is 60.1 Å². The highest BCUT2D eigenvalue weighted by atomic mass is 16.8. The summed E-state index contributed by atoms with van der Waals surface area (Å²) in [5, 5.41) is 127. The van der Waals surface area contributed by atoms with Crippen molar-refractivity contribution in [1.82, 2.24) is 0 Å². The van der Waals surface area contributed by atoms with E-state index < -0.39 is 159 Å². The second-order valence-electron chi connectivity index (χ2n) is 25.4. The van der Waals surface area contributed by atoms with Crippen LogP contribution in [0.15, 0.2) is 11.6 Å². The van der Waals surface area contributed by atoms with E-state index in [0.29, 0.717) is 32.1 Å². The Balaban J connectivity index is 0.975. The van der Waals surface area contributed by atoms with Crippen molar-refractivity contribution in [1.29, 1.82) is 0 Å². The van der Waals surface area contributed by atoms with E-state index in [1.807, 2.05) is 0 Å². The second kappa shape index (κ2) is 20.3. The van der Waals surface area contributed by atoms with Gasteiger partial charge in [0, 0.05) is 0 Å². The molecule has 0 aromatic rings. The zero-order valence-electron chi connectivity index (χ0n) is 43.4. The van der Waals surface area contributed by atoms with Gasteiger partial charge >= 0.3 is 11.9 Å². The number of aliphatic hydroxyl groups is 11. The first-order valence-corrected chi connectivity index (χ1v) is 26.6.